The van der Waals surface area contributed by atoms with Gasteiger partial charge in [0, 0.05) is 33.3 Å². The molecule has 2 rings (SSSR count). The summed E-state index contributed by atoms with van der Waals surface area (Å²) < 4.78 is 26.5. The Kier molecular flexibility index (Phi) is 10.0. The number of aliphatic imine (C=N–C) groups is 1. The van der Waals surface area contributed by atoms with Crippen molar-refractivity contribution in [1.29, 1.82) is 0 Å². The van der Waals surface area contributed by atoms with E-state index in [1.165, 1.54) is 12.1 Å². The molecule has 158 valence electrons. The van der Waals surface area contributed by atoms with Crippen LogP contribution in [0.3, 0.4) is 0 Å². The van der Waals surface area contributed by atoms with Gasteiger partial charge in [-0.15, -0.1) is 24.0 Å². The van der Waals surface area contributed by atoms with Crippen molar-refractivity contribution in [2.75, 3.05) is 27.7 Å². The van der Waals surface area contributed by atoms with E-state index in [-0.39, 0.29) is 35.9 Å². The van der Waals surface area contributed by atoms with Crippen LogP contribution < -0.4 is 10.6 Å². The number of carbonyl (C=O) groups is 1. The Morgan fingerprint density at radius 2 is 1.86 bits per heavy atom. The predicted molar refractivity (Wildman–Crippen MR) is 123 cm³/mol. The minimum atomic E-state index is -0.874. The highest BCUT2D eigenvalue weighted by Gasteiger charge is 2.11. The molecule has 0 spiro atoms. The fourth-order valence-electron chi connectivity index (χ4n) is 2.71. The van der Waals surface area contributed by atoms with E-state index in [1.54, 1.807) is 32.1 Å². The van der Waals surface area contributed by atoms with E-state index >= 15 is 0 Å². The predicted octanol–water partition coefficient (Wildman–Crippen LogP) is 3.75. The van der Waals surface area contributed by atoms with E-state index in [1.807, 2.05) is 25.1 Å². The number of hydrogen-bond acceptors (Lipinski definition) is 2. The highest BCUT2D eigenvalue weighted by Crippen LogP contribution is 2.15. The average molecular weight is 516 g/mol. The Bertz CT molecular complexity index is 858. The minimum Gasteiger partial charge on any atom is -0.356 e. The molecule has 5 nitrogen and oxygen atoms in total. The van der Waals surface area contributed by atoms with E-state index < -0.39 is 11.6 Å². The second-order valence-electron chi connectivity index (χ2n) is 6.69. The van der Waals surface area contributed by atoms with E-state index in [9.17, 15) is 13.6 Å². The zero-order chi connectivity index (χ0) is 20.7. The van der Waals surface area contributed by atoms with Crippen molar-refractivity contribution >= 4 is 35.8 Å². The van der Waals surface area contributed by atoms with E-state index in [2.05, 4.69) is 15.6 Å². The molecule has 2 N–H and O–H groups in total. The molecule has 0 fully saturated rings. The molecule has 0 aliphatic heterocycles. The van der Waals surface area contributed by atoms with Crippen molar-refractivity contribution in [2.45, 2.75) is 19.4 Å². The average Bonchev–Trinajstić information content (AvgIpc) is 2.68. The number of halogens is 3. The number of nitrogens with one attached hydrogen (secondary N) is 2. The van der Waals surface area contributed by atoms with Gasteiger partial charge in [-0.3, -0.25) is 9.79 Å². The summed E-state index contributed by atoms with van der Waals surface area (Å²) in [5.74, 6) is -1.22. The molecule has 0 saturated heterocycles. The van der Waals surface area contributed by atoms with E-state index in [4.69, 9.17) is 0 Å². The number of guanidine groups is 1. The Balaban J connectivity index is 0.00000420. The first-order valence-electron chi connectivity index (χ1n) is 9.04. The number of hydrogen-bond donors (Lipinski definition) is 2. The van der Waals surface area contributed by atoms with Crippen LogP contribution in [0.15, 0.2) is 47.5 Å². The van der Waals surface area contributed by atoms with Gasteiger partial charge in [0.05, 0.1) is 6.04 Å². The maximum atomic E-state index is 13.4. The SMILES string of the molecule is CN=C(NCCc1cccc(C(=O)N(C)C)c1)NC(C)c1ccc(F)c(F)c1.I. The van der Waals surface area contributed by atoms with Crippen LogP contribution in [-0.2, 0) is 6.42 Å². The third-order valence-electron chi connectivity index (χ3n) is 4.31. The van der Waals surface area contributed by atoms with Crippen molar-refractivity contribution in [3.05, 3.63) is 70.8 Å². The monoisotopic (exact) mass is 516 g/mol. The molecule has 0 aromatic heterocycles. The number of benzene rings is 2. The summed E-state index contributed by atoms with van der Waals surface area (Å²) in [6, 6.07) is 11.1. The second-order valence-corrected chi connectivity index (χ2v) is 6.69. The van der Waals surface area contributed by atoms with Crippen LogP contribution in [0.1, 0.15) is 34.5 Å². The Hall–Kier alpha value is -2.23. The summed E-state index contributed by atoms with van der Waals surface area (Å²) in [4.78, 5) is 17.8. The lowest BCUT2D eigenvalue weighted by molar-refractivity contribution is 0.0827. The van der Waals surface area contributed by atoms with Gasteiger partial charge in [-0.05, 0) is 48.7 Å². The first kappa shape index (κ1) is 24.8. The van der Waals surface area contributed by atoms with Crippen LogP contribution in [0.2, 0.25) is 0 Å². The Morgan fingerprint density at radius 3 is 2.48 bits per heavy atom. The van der Waals surface area contributed by atoms with Gasteiger partial charge in [-0.1, -0.05) is 18.2 Å². The number of nitrogens with zero attached hydrogens (tertiary/aromatic N) is 2. The second kappa shape index (κ2) is 11.7. The lowest BCUT2D eigenvalue weighted by Crippen LogP contribution is -2.39. The normalized spacial score (nSPS) is 12.0. The largest absolute Gasteiger partial charge is 0.356 e. The van der Waals surface area contributed by atoms with Crippen LogP contribution in [0.4, 0.5) is 8.78 Å². The van der Waals surface area contributed by atoms with Crippen LogP contribution in [0, 0.1) is 11.6 Å². The first-order valence-corrected chi connectivity index (χ1v) is 9.04. The molecular weight excluding hydrogens is 489 g/mol. The third kappa shape index (κ3) is 7.26. The zero-order valence-corrected chi connectivity index (χ0v) is 19.3. The maximum absolute atomic E-state index is 13.4. The lowest BCUT2D eigenvalue weighted by atomic mass is 10.1. The molecule has 2 aromatic carbocycles. The van der Waals surface area contributed by atoms with Crippen LogP contribution in [-0.4, -0.2) is 44.5 Å². The van der Waals surface area contributed by atoms with Crippen LogP contribution in [0.25, 0.3) is 0 Å². The standard InChI is InChI=1S/C21H26F2N4O.HI/c1-14(16-8-9-18(22)19(23)13-16)26-21(24-2)25-11-10-15-6-5-7-17(12-15)20(28)27(3)4;/h5-9,12-14H,10-11H2,1-4H3,(H2,24,25,26);1H. The lowest BCUT2D eigenvalue weighted by Gasteiger charge is -2.18. The molecule has 1 amide bonds. The van der Waals surface area contributed by atoms with Gasteiger partial charge in [0.2, 0.25) is 0 Å². The molecule has 0 aliphatic carbocycles. The quantitative estimate of drug-likeness (QED) is 0.350. The summed E-state index contributed by atoms with van der Waals surface area (Å²) in [5.41, 5.74) is 2.30. The Labute approximate surface area is 187 Å². The van der Waals surface area contributed by atoms with Gasteiger partial charge in [0.1, 0.15) is 0 Å². The minimum absolute atomic E-state index is 0. The molecule has 0 saturated carbocycles. The van der Waals surface area contributed by atoms with Crippen molar-refractivity contribution in [1.82, 2.24) is 15.5 Å². The van der Waals surface area contributed by atoms with Gasteiger partial charge < -0.3 is 15.5 Å². The highest BCUT2D eigenvalue weighted by atomic mass is 127. The fraction of sp³-hybridized carbons (Fsp3) is 0.333. The van der Waals surface area contributed by atoms with Crippen molar-refractivity contribution in [3.8, 4) is 0 Å². The molecule has 1 unspecified atom stereocenters. The number of amides is 1. The summed E-state index contributed by atoms with van der Waals surface area (Å²) in [7, 11) is 5.09. The van der Waals surface area contributed by atoms with Crippen molar-refractivity contribution < 1.29 is 13.6 Å². The number of carbonyl (C=O) groups excluding carboxylic acids is 1. The molecular formula is C21H27F2IN4O. The smallest absolute Gasteiger partial charge is 0.253 e. The number of rotatable bonds is 6. The molecule has 0 bridgehead atoms. The van der Waals surface area contributed by atoms with E-state index in [0.717, 1.165) is 11.6 Å². The topological polar surface area (TPSA) is 56.7 Å². The van der Waals surface area contributed by atoms with E-state index in [0.29, 0.717) is 30.1 Å². The van der Waals surface area contributed by atoms with Gasteiger partial charge in [-0.2, -0.15) is 0 Å². The molecule has 0 aliphatic rings. The summed E-state index contributed by atoms with van der Waals surface area (Å²) in [5, 5.41) is 6.34. The van der Waals surface area contributed by atoms with Crippen LogP contribution in [0.5, 0.6) is 0 Å². The van der Waals surface area contributed by atoms with Gasteiger partial charge in [0.15, 0.2) is 17.6 Å². The molecule has 1 atom stereocenters. The molecule has 0 radical (unpaired) electrons. The zero-order valence-electron chi connectivity index (χ0n) is 17.0. The van der Waals surface area contributed by atoms with Gasteiger partial charge in [-0.25, -0.2) is 8.78 Å². The Morgan fingerprint density at radius 1 is 1.14 bits per heavy atom. The summed E-state index contributed by atoms with van der Waals surface area (Å²) >= 11 is 0. The van der Waals surface area contributed by atoms with Gasteiger partial charge >= 0.3 is 0 Å². The molecule has 8 heteroatoms. The highest BCUT2D eigenvalue weighted by molar-refractivity contribution is 14.0. The van der Waals surface area contributed by atoms with Crippen molar-refractivity contribution in [3.63, 3.8) is 0 Å². The third-order valence-corrected chi connectivity index (χ3v) is 4.31. The molecule has 2 aromatic rings. The van der Waals surface area contributed by atoms with Gasteiger partial charge in [0.25, 0.3) is 5.91 Å². The maximum Gasteiger partial charge on any atom is 0.253 e. The molecule has 29 heavy (non-hydrogen) atoms. The summed E-state index contributed by atoms with van der Waals surface area (Å²) in [6.45, 7) is 2.44. The van der Waals surface area contributed by atoms with Crippen LogP contribution >= 0.6 is 24.0 Å². The summed E-state index contributed by atoms with van der Waals surface area (Å²) in [6.07, 6.45) is 0.703. The first-order chi connectivity index (χ1) is 13.3. The van der Waals surface area contributed by atoms with Crippen molar-refractivity contribution in [2.24, 2.45) is 4.99 Å². The fourth-order valence-corrected chi connectivity index (χ4v) is 2.71. The molecule has 0 heterocycles.